The van der Waals surface area contributed by atoms with Gasteiger partial charge in [0.25, 0.3) is 0 Å². The molecule has 0 aliphatic carbocycles. The number of aliphatic carboxylic acids is 1. The molecule has 0 spiro atoms. The van der Waals surface area contributed by atoms with Crippen LogP contribution in [0.2, 0.25) is 0 Å². The summed E-state index contributed by atoms with van der Waals surface area (Å²) in [6.07, 6.45) is 1.59. The molecule has 2 rings (SSSR count). The lowest BCUT2D eigenvalue weighted by atomic mass is 10.4. The van der Waals surface area contributed by atoms with E-state index in [1.165, 1.54) is 25.2 Å². The third kappa shape index (κ3) is 3.46. The van der Waals surface area contributed by atoms with Crippen molar-refractivity contribution < 1.29 is 18.3 Å². The van der Waals surface area contributed by atoms with Gasteiger partial charge in [-0.2, -0.15) is 5.10 Å². The Morgan fingerprint density at radius 3 is 2.76 bits per heavy atom. The van der Waals surface area contributed by atoms with Crippen LogP contribution in [0.1, 0.15) is 16.4 Å². The molecule has 0 atom stereocenters. The number of nitrogens with one attached hydrogen (secondary N) is 1. The molecule has 10 heteroatoms. The Labute approximate surface area is 125 Å². The van der Waals surface area contributed by atoms with Gasteiger partial charge in [0.05, 0.1) is 17.9 Å². The van der Waals surface area contributed by atoms with Crippen LogP contribution in [-0.4, -0.2) is 34.3 Å². The highest BCUT2D eigenvalue weighted by atomic mass is 32.2. The number of nitrogens with zero attached hydrogens (tertiary/aromatic N) is 3. The zero-order valence-electron chi connectivity index (χ0n) is 11.4. The largest absolute Gasteiger partial charge is 0.480 e. The highest BCUT2D eigenvalue weighted by Crippen LogP contribution is 2.19. The lowest BCUT2D eigenvalue weighted by Gasteiger charge is -2.06. The summed E-state index contributed by atoms with van der Waals surface area (Å²) in [6.45, 7) is 2.77. The number of hydrogen-bond donors (Lipinski definition) is 2. The minimum Gasteiger partial charge on any atom is -0.480 e. The van der Waals surface area contributed by atoms with Gasteiger partial charge in [-0.25, -0.2) is 18.1 Å². The fraction of sp³-hybridized carbons (Fsp3) is 0.364. The lowest BCUT2D eigenvalue weighted by Crippen LogP contribution is -2.24. The van der Waals surface area contributed by atoms with Gasteiger partial charge in [-0.3, -0.25) is 9.48 Å². The fourth-order valence-electron chi connectivity index (χ4n) is 1.92. The van der Waals surface area contributed by atoms with Gasteiger partial charge in [-0.05, 0) is 13.8 Å². The summed E-state index contributed by atoms with van der Waals surface area (Å²) in [7, 11) is -3.77. The van der Waals surface area contributed by atoms with Crippen LogP contribution in [-0.2, 0) is 27.9 Å². The van der Waals surface area contributed by atoms with Crippen molar-refractivity contribution in [1.82, 2.24) is 19.5 Å². The lowest BCUT2D eigenvalue weighted by molar-refractivity contribution is -0.137. The Hall–Kier alpha value is -1.78. The monoisotopic (exact) mass is 330 g/mol. The fourth-order valence-corrected chi connectivity index (χ4v) is 3.96. The van der Waals surface area contributed by atoms with E-state index >= 15 is 0 Å². The molecule has 8 nitrogen and oxygen atoms in total. The van der Waals surface area contributed by atoms with Crippen LogP contribution < -0.4 is 4.72 Å². The first-order chi connectivity index (χ1) is 9.81. The number of carboxylic acid groups (broad SMARTS) is 1. The Bertz CT molecular complexity index is 750. The molecule has 0 aliphatic rings. The third-order valence-electron chi connectivity index (χ3n) is 2.77. The normalized spacial score (nSPS) is 11.7. The van der Waals surface area contributed by atoms with Crippen LogP contribution >= 0.6 is 11.3 Å². The molecule has 2 aromatic heterocycles. The van der Waals surface area contributed by atoms with E-state index in [1.807, 2.05) is 0 Å². The molecule has 2 heterocycles. The smallest absolute Gasteiger partial charge is 0.325 e. The molecular weight excluding hydrogens is 316 g/mol. The van der Waals surface area contributed by atoms with Crippen molar-refractivity contribution in [2.24, 2.45) is 0 Å². The third-order valence-corrected chi connectivity index (χ3v) is 5.20. The van der Waals surface area contributed by atoms with E-state index in [9.17, 15) is 13.2 Å². The second kappa shape index (κ2) is 5.92. The summed E-state index contributed by atoms with van der Waals surface area (Å²) >= 11 is 1.34. The van der Waals surface area contributed by atoms with E-state index in [1.54, 1.807) is 11.6 Å². The average Bonchev–Trinajstić information content (AvgIpc) is 2.96. The number of hydrogen-bond acceptors (Lipinski definition) is 6. The Morgan fingerprint density at radius 1 is 1.48 bits per heavy atom. The van der Waals surface area contributed by atoms with Gasteiger partial charge in [0.2, 0.25) is 10.0 Å². The maximum absolute atomic E-state index is 12.3. The van der Waals surface area contributed by atoms with Gasteiger partial charge in [0.1, 0.15) is 16.4 Å². The summed E-state index contributed by atoms with van der Waals surface area (Å²) in [6, 6.07) is 0. The first-order valence-electron chi connectivity index (χ1n) is 5.95. The number of aromatic nitrogens is 3. The minimum atomic E-state index is -3.77. The summed E-state index contributed by atoms with van der Waals surface area (Å²) in [5.74, 6) is -1.08. The van der Waals surface area contributed by atoms with E-state index in [4.69, 9.17) is 5.11 Å². The van der Waals surface area contributed by atoms with Crippen LogP contribution in [0.4, 0.5) is 0 Å². The Kier molecular flexibility index (Phi) is 4.40. The molecule has 0 fully saturated rings. The molecule has 0 aromatic carbocycles. The molecule has 0 aliphatic heterocycles. The van der Waals surface area contributed by atoms with Crippen molar-refractivity contribution in [3.8, 4) is 0 Å². The molecule has 0 amide bonds. The van der Waals surface area contributed by atoms with Crippen molar-refractivity contribution in [2.45, 2.75) is 31.8 Å². The van der Waals surface area contributed by atoms with Crippen molar-refractivity contribution >= 4 is 27.3 Å². The van der Waals surface area contributed by atoms with E-state index in [0.717, 1.165) is 4.68 Å². The molecule has 0 saturated carbocycles. The topological polar surface area (TPSA) is 114 Å². The molecule has 0 saturated heterocycles. The van der Waals surface area contributed by atoms with Crippen molar-refractivity contribution in [1.29, 1.82) is 0 Å². The summed E-state index contributed by atoms with van der Waals surface area (Å²) < 4.78 is 28.3. The standard InChI is InChI=1S/C11H14N4O4S2/c1-7-11(8(2)15(14-7)6-10(16)17)21(18,19)13-5-9-12-3-4-20-9/h3-4,13H,5-6H2,1-2H3,(H,16,17). The second-order valence-electron chi connectivity index (χ2n) is 4.30. The van der Waals surface area contributed by atoms with Crippen molar-refractivity contribution in [3.63, 3.8) is 0 Å². The van der Waals surface area contributed by atoms with Crippen molar-refractivity contribution in [2.75, 3.05) is 0 Å². The Balaban J connectivity index is 2.27. The number of rotatable bonds is 6. The van der Waals surface area contributed by atoms with Gasteiger partial charge in [0.15, 0.2) is 0 Å². The van der Waals surface area contributed by atoms with Crippen molar-refractivity contribution in [3.05, 3.63) is 28.0 Å². The molecule has 0 radical (unpaired) electrons. The first kappa shape index (κ1) is 15.6. The molecule has 2 aromatic rings. The zero-order valence-corrected chi connectivity index (χ0v) is 13.0. The van der Waals surface area contributed by atoms with Crippen LogP contribution in [0.25, 0.3) is 0 Å². The van der Waals surface area contributed by atoms with Crippen LogP contribution in [0, 0.1) is 13.8 Å². The van der Waals surface area contributed by atoms with E-state index in [2.05, 4.69) is 14.8 Å². The molecular formula is C11H14N4O4S2. The average molecular weight is 330 g/mol. The zero-order chi connectivity index (χ0) is 15.6. The highest BCUT2D eigenvalue weighted by Gasteiger charge is 2.25. The number of carboxylic acids is 1. The SMILES string of the molecule is Cc1nn(CC(=O)O)c(C)c1S(=O)(=O)NCc1nccs1. The van der Waals surface area contributed by atoms with Gasteiger partial charge >= 0.3 is 5.97 Å². The number of carbonyl (C=O) groups is 1. The van der Waals surface area contributed by atoms with E-state index in [-0.39, 0.29) is 23.7 Å². The predicted octanol–water partition coefficient (Wildman–Crippen LogP) is 0.520. The van der Waals surface area contributed by atoms with E-state index in [0.29, 0.717) is 10.7 Å². The minimum absolute atomic E-state index is 0.0142. The second-order valence-corrected chi connectivity index (χ2v) is 6.98. The van der Waals surface area contributed by atoms with Gasteiger partial charge in [-0.1, -0.05) is 0 Å². The maximum atomic E-state index is 12.3. The van der Waals surface area contributed by atoms with Gasteiger partial charge in [0, 0.05) is 11.6 Å². The Morgan fingerprint density at radius 2 is 2.19 bits per heavy atom. The molecule has 0 unspecified atom stereocenters. The first-order valence-corrected chi connectivity index (χ1v) is 8.31. The number of thiazole rings is 1. The van der Waals surface area contributed by atoms with Crippen LogP contribution in [0.15, 0.2) is 16.5 Å². The summed E-state index contributed by atoms with van der Waals surface area (Å²) in [5.41, 5.74) is 0.557. The highest BCUT2D eigenvalue weighted by molar-refractivity contribution is 7.89. The van der Waals surface area contributed by atoms with Crippen LogP contribution in [0.5, 0.6) is 0 Å². The summed E-state index contributed by atoms with van der Waals surface area (Å²) in [5, 5.41) is 15.2. The predicted molar refractivity (Wildman–Crippen MR) is 75.5 cm³/mol. The maximum Gasteiger partial charge on any atom is 0.325 e. The quantitative estimate of drug-likeness (QED) is 0.798. The number of aryl methyl sites for hydroxylation is 1. The molecule has 114 valence electrons. The van der Waals surface area contributed by atoms with Crippen LogP contribution in [0.3, 0.4) is 0 Å². The number of sulfonamides is 1. The molecule has 0 bridgehead atoms. The van der Waals surface area contributed by atoms with E-state index < -0.39 is 16.0 Å². The van der Waals surface area contributed by atoms with Gasteiger partial charge < -0.3 is 5.11 Å². The molecule has 2 N–H and O–H groups in total. The molecule has 21 heavy (non-hydrogen) atoms. The summed E-state index contributed by atoms with van der Waals surface area (Å²) in [4.78, 5) is 14.7. The van der Waals surface area contributed by atoms with Gasteiger partial charge in [-0.15, -0.1) is 11.3 Å².